The maximum absolute atomic E-state index is 12.4. The van der Waals surface area contributed by atoms with Crippen molar-refractivity contribution in [3.63, 3.8) is 0 Å². The van der Waals surface area contributed by atoms with Crippen molar-refractivity contribution in [3.05, 3.63) is 29.8 Å². The first kappa shape index (κ1) is 17.7. The van der Waals surface area contributed by atoms with Gasteiger partial charge in [-0.1, -0.05) is 0 Å². The number of hydrogen-bond acceptors (Lipinski definition) is 4. The molecule has 6 heteroatoms. The summed E-state index contributed by atoms with van der Waals surface area (Å²) in [6.07, 6.45) is 6.18. The minimum absolute atomic E-state index is 0.0553. The molecule has 25 heavy (non-hydrogen) atoms. The van der Waals surface area contributed by atoms with Crippen LogP contribution >= 0.6 is 0 Å². The lowest BCUT2D eigenvalue weighted by molar-refractivity contribution is 0.0318. The number of nitrogens with one attached hydrogen (secondary N) is 1. The highest BCUT2D eigenvalue weighted by molar-refractivity contribution is 5.92. The van der Waals surface area contributed by atoms with E-state index in [1.165, 1.54) is 0 Å². The molecule has 6 nitrogen and oxygen atoms in total. The Morgan fingerprint density at radius 2 is 1.84 bits per heavy atom. The smallest absolute Gasteiger partial charge is 0.338 e. The zero-order valence-corrected chi connectivity index (χ0v) is 14.7. The molecule has 1 saturated heterocycles. The molecule has 1 aromatic rings. The maximum Gasteiger partial charge on any atom is 0.338 e. The number of ether oxygens (including phenoxy) is 2. The number of likely N-dealkylation sites (tertiary alicyclic amines) is 1. The minimum Gasteiger partial charge on any atom is -0.459 e. The van der Waals surface area contributed by atoms with Crippen LogP contribution in [-0.2, 0) is 9.47 Å². The highest BCUT2D eigenvalue weighted by Crippen LogP contribution is 2.23. The Hall–Kier alpha value is -2.08. The summed E-state index contributed by atoms with van der Waals surface area (Å²) in [6, 6.07) is 6.88. The fourth-order valence-electron chi connectivity index (χ4n) is 3.58. The predicted molar refractivity (Wildman–Crippen MR) is 94.7 cm³/mol. The predicted octanol–water partition coefficient (Wildman–Crippen LogP) is 3.43. The van der Waals surface area contributed by atoms with Crippen LogP contribution in [0.2, 0.25) is 0 Å². The van der Waals surface area contributed by atoms with Gasteiger partial charge in [0.05, 0.1) is 18.2 Å². The number of esters is 1. The van der Waals surface area contributed by atoms with E-state index in [0.717, 1.165) is 45.1 Å². The van der Waals surface area contributed by atoms with E-state index in [9.17, 15) is 9.59 Å². The summed E-state index contributed by atoms with van der Waals surface area (Å²) in [4.78, 5) is 26.4. The Morgan fingerprint density at radius 3 is 2.52 bits per heavy atom. The number of nitrogens with zero attached hydrogens (tertiary/aromatic N) is 1. The van der Waals surface area contributed by atoms with Gasteiger partial charge < -0.3 is 19.7 Å². The average molecular weight is 346 g/mol. The van der Waals surface area contributed by atoms with Crippen LogP contribution in [0.1, 0.15) is 48.9 Å². The zero-order chi connectivity index (χ0) is 17.6. The van der Waals surface area contributed by atoms with E-state index >= 15 is 0 Å². The van der Waals surface area contributed by atoms with Crippen molar-refractivity contribution in [3.8, 4) is 0 Å². The molecule has 1 unspecified atom stereocenters. The molecular formula is C19H26N2O4. The molecule has 0 radical (unpaired) electrons. The van der Waals surface area contributed by atoms with Crippen LogP contribution in [0.25, 0.3) is 0 Å². The van der Waals surface area contributed by atoms with Crippen molar-refractivity contribution in [2.24, 2.45) is 0 Å². The Morgan fingerprint density at radius 1 is 1.12 bits per heavy atom. The first-order valence-electron chi connectivity index (χ1n) is 9.05. The van der Waals surface area contributed by atoms with E-state index in [4.69, 9.17) is 9.47 Å². The number of amides is 2. The molecule has 0 aromatic heterocycles. The monoisotopic (exact) mass is 346 g/mol. The summed E-state index contributed by atoms with van der Waals surface area (Å²) >= 11 is 0. The molecule has 1 N–H and O–H groups in total. The van der Waals surface area contributed by atoms with E-state index < -0.39 is 0 Å². The molecule has 0 spiro atoms. The summed E-state index contributed by atoms with van der Waals surface area (Å²) in [5, 5.41) is 2.89. The average Bonchev–Trinajstić information content (AvgIpc) is 3.27. The summed E-state index contributed by atoms with van der Waals surface area (Å²) in [5.41, 5.74) is 1.19. The Kier molecular flexibility index (Phi) is 5.91. The number of methoxy groups -OCH3 is 1. The van der Waals surface area contributed by atoms with Crippen molar-refractivity contribution in [1.82, 2.24) is 4.90 Å². The highest BCUT2D eigenvalue weighted by Gasteiger charge is 2.28. The van der Waals surface area contributed by atoms with Gasteiger partial charge in [-0.05, 0) is 62.8 Å². The molecule has 1 saturated carbocycles. The maximum atomic E-state index is 12.4. The third-order valence-electron chi connectivity index (χ3n) is 4.94. The van der Waals surface area contributed by atoms with Crippen LogP contribution in [0.5, 0.6) is 0 Å². The standard InChI is InChI=1S/C19H26N2O4/c1-24-13-16-5-4-12-21(16)19(23)20-15-10-8-14(9-11-15)18(22)25-17-6-2-3-7-17/h8-11,16-17H,2-7,12-13H2,1H3,(H,20,23). The Labute approximate surface area is 148 Å². The molecule has 1 aliphatic carbocycles. The number of hydrogen-bond donors (Lipinski definition) is 1. The van der Waals surface area contributed by atoms with E-state index in [1.807, 2.05) is 4.90 Å². The third kappa shape index (κ3) is 4.51. The van der Waals surface area contributed by atoms with Crippen molar-refractivity contribution in [2.45, 2.75) is 50.7 Å². The largest absolute Gasteiger partial charge is 0.459 e. The number of rotatable bonds is 5. The van der Waals surface area contributed by atoms with Gasteiger partial charge >= 0.3 is 12.0 Å². The second-order valence-electron chi connectivity index (χ2n) is 6.76. The summed E-state index contributed by atoms with van der Waals surface area (Å²) < 4.78 is 10.7. The normalized spacial score (nSPS) is 20.7. The van der Waals surface area contributed by atoms with Crippen LogP contribution in [-0.4, -0.2) is 49.3 Å². The van der Waals surface area contributed by atoms with Crippen molar-refractivity contribution in [1.29, 1.82) is 0 Å². The lowest BCUT2D eigenvalue weighted by Crippen LogP contribution is -2.40. The molecule has 136 valence electrons. The van der Waals surface area contributed by atoms with Gasteiger partial charge in [0.25, 0.3) is 0 Å². The van der Waals surface area contributed by atoms with E-state index in [-0.39, 0.29) is 24.1 Å². The molecule has 1 aliphatic heterocycles. The fourth-order valence-corrected chi connectivity index (χ4v) is 3.58. The fraction of sp³-hybridized carbons (Fsp3) is 0.579. The zero-order valence-electron chi connectivity index (χ0n) is 14.7. The van der Waals surface area contributed by atoms with Gasteiger partial charge in [-0.3, -0.25) is 0 Å². The lowest BCUT2D eigenvalue weighted by atomic mass is 10.2. The topological polar surface area (TPSA) is 67.9 Å². The second kappa shape index (κ2) is 8.34. The second-order valence-corrected chi connectivity index (χ2v) is 6.76. The summed E-state index contributed by atoms with van der Waals surface area (Å²) in [5.74, 6) is -0.288. The van der Waals surface area contributed by atoms with Gasteiger partial charge in [0, 0.05) is 19.3 Å². The van der Waals surface area contributed by atoms with Crippen molar-refractivity contribution >= 4 is 17.7 Å². The number of urea groups is 1. The number of benzene rings is 1. The van der Waals surface area contributed by atoms with Gasteiger partial charge in [0.2, 0.25) is 0 Å². The number of carbonyl (C=O) groups excluding carboxylic acids is 2. The van der Waals surface area contributed by atoms with Gasteiger partial charge in [-0.25, -0.2) is 9.59 Å². The molecule has 0 bridgehead atoms. The van der Waals surface area contributed by atoms with Crippen molar-refractivity contribution < 1.29 is 19.1 Å². The van der Waals surface area contributed by atoms with Gasteiger partial charge in [0.1, 0.15) is 6.10 Å². The molecule has 1 atom stereocenters. The minimum atomic E-state index is -0.288. The molecule has 3 rings (SSSR count). The SMILES string of the molecule is COCC1CCCN1C(=O)Nc1ccc(C(=O)OC2CCCC2)cc1. The Bertz CT molecular complexity index is 596. The van der Waals surface area contributed by atoms with E-state index in [1.54, 1.807) is 31.4 Å². The number of anilines is 1. The van der Waals surface area contributed by atoms with Gasteiger partial charge in [0.15, 0.2) is 0 Å². The van der Waals surface area contributed by atoms with E-state index in [2.05, 4.69) is 5.32 Å². The Balaban J connectivity index is 1.55. The van der Waals surface area contributed by atoms with Crippen LogP contribution in [0, 0.1) is 0 Å². The van der Waals surface area contributed by atoms with Crippen LogP contribution in [0.15, 0.2) is 24.3 Å². The first-order chi connectivity index (χ1) is 12.2. The molecule has 1 heterocycles. The molecule has 2 amide bonds. The van der Waals surface area contributed by atoms with Gasteiger partial charge in [-0.2, -0.15) is 0 Å². The summed E-state index contributed by atoms with van der Waals surface area (Å²) in [6.45, 7) is 1.30. The number of carbonyl (C=O) groups is 2. The third-order valence-corrected chi connectivity index (χ3v) is 4.94. The van der Waals surface area contributed by atoms with Crippen LogP contribution in [0.3, 0.4) is 0 Å². The summed E-state index contributed by atoms with van der Waals surface area (Å²) in [7, 11) is 1.65. The highest BCUT2D eigenvalue weighted by atomic mass is 16.5. The van der Waals surface area contributed by atoms with E-state index in [0.29, 0.717) is 17.9 Å². The first-order valence-corrected chi connectivity index (χ1v) is 9.05. The van der Waals surface area contributed by atoms with Crippen molar-refractivity contribution in [2.75, 3.05) is 25.6 Å². The lowest BCUT2D eigenvalue weighted by Gasteiger charge is -2.24. The molecule has 1 aromatic carbocycles. The molecule has 2 fully saturated rings. The molecular weight excluding hydrogens is 320 g/mol. The molecule has 2 aliphatic rings. The quantitative estimate of drug-likeness (QED) is 0.830. The van der Waals surface area contributed by atoms with Crippen LogP contribution < -0.4 is 5.32 Å². The van der Waals surface area contributed by atoms with Crippen LogP contribution in [0.4, 0.5) is 10.5 Å². The van der Waals surface area contributed by atoms with Gasteiger partial charge in [-0.15, -0.1) is 0 Å².